The van der Waals surface area contributed by atoms with E-state index >= 15 is 0 Å². The number of carbonyl (C=O) groups excluding carboxylic acids is 2. The molecule has 0 aliphatic rings. The number of halogens is 1. The molecule has 15 heavy (non-hydrogen) atoms. The van der Waals surface area contributed by atoms with Gasteiger partial charge in [0.25, 0.3) is 0 Å². The number of rotatable bonds is 2. The minimum Gasteiger partial charge on any atom is -0.289 e. The molecule has 0 saturated heterocycles. The fourth-order valence-electron chi connectivity index (χ4n) is 1.03. The first-order valence-corrected chi connectivity index (χ1v) is 4.72. The van der Waals surface area contributed by atoms with E-state index in [1.165, 1.54) is 13.8 Å². The van der Waals surface area contributed by atoms with E-state index in [0.717, 1.165) is 5.01 Å². The number of amides is 2. The van der Waals surface area contributed by atoms with Crippen molar-refractivity contribution in [2.75, 3.05) is 5.43 Å². The lowest BCUT2D eigenvalue weighted by Crippen LogP contribution is -2.38. The Labute approximate surface area is 92.8 Å². The molecule has 1 aromatic rings. The number of imide groups is 1. The molecule has 80 valence electrons. The molecule has 4 nitrogen and oxygen atoms in total. The van der Waals surface area contributed by atoms with E-state index in [1.807, 2.05) is 0 Å². The molecule has 0 spiro atoms. The molecule has 0 bridgehead atoms. The largest absolute Gasteiger partial charge is 0.289 e. The first kappa shape index (κ1) is 11.5. The highest BCUT2D eigenvalue weighted by Crippen LogP contribution is 2.14. The van der Waals surface area contributed by atoms with Gasteiger partial charge in [-0.15, -0.1) is 0 Å². The third-order valence-electron chi connectivity index (χ3n) is 1.71. The number of carbonyl (C=O) groups is 2. The van der Waals surface area contributed by atoms with Gasteiger partial charge in [-0.25, -0.2) is 0 Å². The van der Waals surface area contributed by atoms with Crippen LogP contribution < -0.4 is 5.43 Å². The van der Waals surface area contributed by atoms with Crippen LogP contribution in [0.5, 0.6) is 0 Å². The van der Waals surface area contributed by atoms with E-state index in [9.17, 15) is 9.59 Å². The van der Waals surface area contributed by atoms with Crippen LogP contribution >= 0.6 is 11.6 Å². The van der Waals surface area contributed by atoms with Crippen LogP contribution in [-0.2, 0) is 9.59 Å². The fourth-order valence-corrected chi connectivity index (χ4v) is 1.16. The summed E-state index contributed by atoms with van der Waals surface area (Å²) in [5, 5.41) is 1.53. The molecule has 1 rings (SSSR count). The van der Waals surface area contributed by atoms with E-state index in [2.05, 4.69) is 5.43 Å². The predicted molar refractivity (Wildman–Crippen MR) is 58.3 cm³/mol. The summed E-state index contributed by atoms with van der Waals surface area (Å²) in [6.07, 6.45) is 0. The molecular weight excluding hydrogens is 216 g/mol. The van der Waals surface area contributed by atoms with Crippen LogP contribution in [0.25, 0.3) is 0 Å². The first-order valence-electron chi connectivity index (χ1n) is 4.34. The number of nitrogens with zero attached hydrogens (tertiary/aromatic N) is 1. The predicted octanol–water partition coefficient (Wildman–Crippen LogP) is 2.06. The maximum absolute atomic E-state index is 11.1. The van der Waals surface area contributed by atoms with Crippen molar-refractivity contribution in [1.29, 1.82) is 0 Å². The standard InChI is InChI=1S/C10H11ClN2O2/c1-7(14)13(8(2)15)12-10-5-3-9(11)4-6-10/h3-6,12H,1-2H3. The van der Waals surface area contributed by atoms with Crippen LogP contribution in [-0.4, -0.2) is 16.8 Å². The van der Waals surface area contributed by atoms with Gasteiger partial charge in [-0.1, -0.05) is 11.6 Å². The average Bonchev–Trinajstić information content (AvgIpc) is 2.15. The number of hydrogen-bond acceptors (Lipinski definition) is 3. The van der Waals surface area contributed by atoms with Crippen molar-refractivity contribution in [1.82, 2.24) is 5.01 Å². The van der Waals surface area contributed by atoms with Crippen molar-refractivity contribution in [3.8, 4) is 0 Å². The van der Waals surface area contributed by atoms with E-state index in [0.29, 0.717) is 10.7 Å². The third kappa shape index (κ3) is 3.25. The Bertz CT molecular complexity index is 362. The van der Waals surface area contributed by atoms with Crippen LogP contribution in [0.4, 0.5) is 5.69 Å². The number of hydrazine groups is 1. The van der Waals surface area contributed by atoms with Crippen molar-refractivity contribution in [3.63, 3.8) is 0 Å². The highest BCUT2D eigenvalue weighted by Gasteiger charge is 2.12. The molecule has 1 N–H and O–H groups in total. The number of hydrogen-bond donors (Lipinski definition) is 1. The maximum Gasteiger partial charge on any atom is 0.244 e. The van der Waals surface area contributed by atoms with Gasteiger partial charge in [0.1, 0.15) is 0 Å². The summed E-state index contributed by atoms with van der Waals surface area (Å²) in [5.74, 6) is -0.727. The molecule has 0 saturated carbocycles. The average molecular weight is 227 g/mol. The number of benzene rings is 1. The van der Waals surface area contributed by atoms with Crippen molar-refractivity contribution >= 4 is 29.1 Å². The molecule has 0 aromatic heterocycles. The quantitative estimate of drug-likeness (QED) is 0.786. The molecular formula is C10H11ClN2O2. The summed E-state index contributed by atoms with van der Waals surface area (Å²) < 4.78 is 0. The zero-order valence-electron chi connectivity index (χ0n) is 8.45. The van der Waals surface area contributed by atoms with E-state index in [-0.39, 0.29) is 11.8 Å². The Morgan fingerprint density at radius 1 is 1.13 bits per heavy atom. The molecule has 0 aliphatic heterocycles. The van der Waals surface area contributed by atoms with Gasteiger partial charge in [-0.2, -0.15) is 5.01 Å². The Hall–Kier alpha value is -1.55. The second kappa shape index (κ2) is 4.79. The Morgan fingerprint density at radius 3 is 2.00 bits per heavy atom. The van der Waals surface area contributed by atoms with Crippen LogP contribution in [0.15, 0.2) is 24.3 Å². The Balaban J connectivity index is 2.79. The summed E-state index contributed by atoms with van der Waals surface area (Å²) in [6.45, 7) is 2.62. The van der Waals surface area contributed by atoms with Gasteiger partial charge in [0.15, 0.2) is 0 Å². The van der Waals surface area contributed by atoms with Crippen LogP contribution in [0, 0.1) is 0 Å². The third-order valence-corrected chi connectivity index (χ3v) is 1.97. The van der Waals surface area contributed by atoms with E-state index < -0.39 is 0 Å². The monoisotopic (exact) mass is 226 g/mol. The SMILES string of the molecule is CC(=O)N(Nc1ccc(Cl)cc1)C(C)=O. The van der Waals surface area contributed by atoms with Crippen molar-refractivity contribution in [2.45, 2.75) is 13.8 Å². The van der Waals surface area contributed by atoms with Gasteiger partial charge in [-0.05, 0) is 24.3 Å². The molecule has 0 fully saturated rings. The number of anilines is 1. The van der Waals surface area contributed by atoms with Gasteiger partial charge in [0, 0.05) is 18.9 Å². The Morgan fingerprint density at radius 2 is 1.60 bits per heavy atom. The molecule has 2 amide bonds. The topological polar surface area (TPSA) is 49.4 Å². The molecule has 1 aromatic carbocycles. The lowest BCUT2D eigenvalue weighted by molar-refractivity contribution is -0.140. The first-order chi connectivity index (χ1) is 7.00. The molecule has 0 radical (unpaired) electrons. The zero-order valence-corrected chi connectivity index (χ0v) is 9.21. The van der Waals surface area contributed by atoms with Crippen molar-refractivity contribution in [3.05, 3.63) is 29.3 Å². The molecule has 0 atom stereocenters. The van der Waals surface area contributed by atoms with Crippen molar-refractivity contribution in [2.24, 2.45) is 0 Å². The highest BCUT2D eigenvalue weighted by molar-refractivity contribution is 6.30. The fraction of sp³-hybridized carbons (Fsp3) is 0.200. The van der Waals surface area contributed by atoms with Crippen LogP contribution in [0.1, 0.15) is 13.8 Å². The van der Waals surface area contributed by atoms with Crippen LogP contribution in [0.2, 0.25) is 5.02 Å². The molecule has 5 heteroatoms. The summed E-state index contributed by atoms with van der Waals surface area (Å²) in [4.78, 5) is 22.1. The smallest absolute Gasteiger partial charge is 0.244 e. The summed E-state index contributed by atoms with van der Waals surface area (Å²) in [7, 11) is 0. The van der Waals surface area contributed by atoms with Gasteiger partial charge < -0.3 is 0 Å². The zero-order chi connectivity index (χ0) is 11.4. The second-order valence-electron chi connectivity index (χ2n) is 2.99. The summed E-state index contributed by atoms with van der Waals surface area (Å²) >= 11 is 5.70. The molecule has 0 aliphatic carbocycles. The summed E-state index contributed by atoms with van der Waals surface area (Å²) in [5.41, 5.74) is 3.31. The van der Waals surface area contributed by atoms with E-state index in [1.54, 1.807) is 24.3 Å². The van der Waals surface area contributed by atoms with Gasteiger partial charge in [0.2, 0.25) is 11.8 Å². The minimum absolute atomic E-state index is 0.363. The van der Waals surface area contributed by atoms with Gasteiger partial charge in [-0.3, -0.25) is 15.0 Å². The highest BCUT2D eigenvalue weighted by atomic mass is 35.5. The van der Waals surface area contributed by atoms with Crippen LogP contribution in [0.3, 0.4) is 0 Å². The molecule has 0 heterocycles. The maximum atomic E-state index is 11.1. The van der Waals surface area contributed by atoms with E-state index in [4.69, 9.17) is 11.6 Å². The summed E-state index contributed by atoms with van der Waals surface area (Å²) in [6, 6.07) is 6.70. The van der Waals surface area contributed by atoms with Crippen molar-refractivity contribution < 1.29 is 9.59 Å². The minimum atomic E-state index is -0.363. The lowest BCUT2D eigenvalue weighted by atomic mass is 10.3. The lowest BCUT2D eigenvalue weighted by Gasteiger charge is -2.19. The normalized spacial score (nSPS) is 9.53. The Kier molecular flexibility index (Phi) is 3.68. The van der Waals surface area contributed by atoms with Gasteiger partial charge in [0.05, 0.1) is 5.69 Å². The second-order valence-corrected chi connectivity index (χ2v) is 3.43. The molecule has 0 unspecified atom stereocenters. The van der Waals surface area contributed by atoms with Gasteiger partial charge >= 0.3 is 0 Å². The number of nitrogens with one attached hydrogen (secondary N) is 1.